The maximum atomic E-state index is 14.4. The summed E-state index contributed by atoms with van der Waals surface area (Å²) >= 11 is 0. The van der Waals surface area contributed by atoms with Gasteiger partial charge < -0.3 is 29.4 Å². The zero-order chi connectivity index (χ0) is 67.7. The Labute approximate surface area is 528 Å². The lowest BCUT2D eigenvalue weighted by Crippen LogP contribution is -2.50. The molecular weight excluding hydrogens is 1250 g/mol. The van der Waals surface area contributed by atoms with Gasteiger partial charge in [-0.1, -0.05) is 108 Å². The number of aryl methyl sites for hydroxylation is 6. The van der Waals surface area contributed by atoms with E-state index in [4.69, 9.17) is 0 Å². The minimum Gasteiger partial charge on any atom is -0.368 e. The number of alkyl halides is 15. The number of amides is 3. The smallest absolute Gasteiger partial charge is 0.368 e. The number of hydrogen-bond acceptors (Lipinski definition) is 6. The number of carbonyl (C=O) groups is 3. The molecule has 12 rings (SSSR count). The van der Waals surface area contributed by atoms with Gasteiger partial charge in [0.2, 0.25) is 17.7 Å². The van der Waals surface area contributed by atoms with Crippen molar-refractivity contribution in [1.29, 1.82) is 0 Å². The second kappa shape index (κ2) is 25.4. The van der Waals surface area contributed by atoms with Crippen LogP contribution in [0.3, 0.4) is 0 Å². The first-order valence-corrected chi connectivity index (χ1v) is 30.5. The van der Waals surface area contributed by atoms with E-state index in [-0.39, 0.29) is 39.3 Å². The number of benzene rings is 6. The largest absolute Gasteiger partial charge is 0.416 e. The number of halogens is 15. The molecule has 6 aromatic carbocycles. The number of anilines is 3. The Morgan fingerprint density at radius 1 is 0.323 bits per heavy atom. The SMILES string of the molecule is Cc1ccc([C@@H]2[C@H](C(=O)N3CCN(c4cc(C(F)(F)F)ccc4C)CC3)C2(F)F)cc1.Cc1ccc([C@@H]2[C@H](C(=O)N3CCN(c4cc(C(F)(F)F)ccc4C)CC3)C2(F)F)cc1.Cc1ccc([C@H]2[C@@H](C(=O)N3CCN(c4cc(C(F)(F)F)ccc4C)CC3)C2(F)F)cc1. The quantitative estimate of drug-likeness (QED) is 0.134. The van der Waals surface area contributed by atoms with Gasteiger partial charge in [-0.05, 0) is 111 Å². The summed E-state index contributed by atoms with van der Waals surface area (Å²) in [6.07, 6.45) is -13.3. The second-order valence-corrected chi connectivity index (χ2v) is 25.1. The molecular formula is C69H69F15N6O3. The van der Waals surface area contributed by atoms with Crippen LogP contribution < -0.4 is 14.7 Å². The average Bonchev–Trinajstić information content (AvgIpc) is 1.57. The van der Waals surface area contributed by atoms with Crippen LogP contribution in [0.2, 0.25) is 0 Å². The van der Waals surface area contributed by atoms with Crippen molar-refractivity contribution in [2.24, 2.45) is 17.8 Å². The minimum atomic E-state index is -4.44. The highest BCUT2D eigenvalue weighted by Gasteiger charge is 2.75. The van der Waals surface area contributed by atoms with Gasteiger partial charge >= 0.3 is 18.5 Å². The van der Waals surface area contributed by atoms with Gasteiger partial charge in [0.05, 0.1) is 34.4 Å². The Bertz CT molecular complexity index is 3320. The van der Waals surface area contributed by atoms with Crippen molar-refractivity contribution < 1.29 is 80.2 Å². The first-order valence-electron chi connectivity index (χ1n) is 30.5. The summed E-state index contributed by atoms with van der Waals surface area (Å²) in [5, 5.41) is 0. The lowest BCUT2D eigenvalue weighted by atomic mass is 10.1. The second-order valence-electron chi connectivity index (χ2n) is 25.1. The predicted molar refractivity (Wildman–Crippen MR) is 322 cm³/mol. The molecule has 6 atom stereocenters. The number of carbonyl (C=O) groups excluding carboxylic acids is 3. The lowest BCUT2D eigenvalue weighted by Gasteiger charge is -2.37. The molecule has 3 aliphatic carbocycles. The van der Waals surface area contributed by atoms with Gasteiger partial charge in [-0.15, -0.1) is 0 Å². The molecule has 3 heterocycles. The van der Waals surface area contributed by atoms with Gasteiger partial charge in [-0.2, -0.15) is 39.5 Å². The highest BCUT2D eigenvalue weighted by Crippen LogP contribution is 2.64. The standard InChI is InChI=1S/3C23H23F5N2O/c3*1-14-3-6-16(7-4-14)19-20(22(19,24)25)21(31)30-11-9-29(10-12-30)18-13-17(23(26,27)28)8-5-15(18)2/h3*3-8,13,19-20H,9-12H2,1-2H3/t3*19-,20-/m110/s1. The fraction of sp³-hybridized carbons (Fsp3) is 0.435. The first kappa shape index (κ1) is 68.0. The summed E-state index contributed by atoms with van der Waals surface area (Å²) < 4.78 is 204. The van der Waals surface area contributed by atoms with E-state index in [0.29, 0.717) is 89.7 Å². The minimum absolute atomic E-state index is 0.196. The molecule has 0 radical (unpaired) electrons. The van der Waals surface area contributed by atoms with Crippen LogP contribution in [0, 0.1) is 59.3 Å². The maximum Gasteiger partial charge on any atom is 0.416 e. The van der Waals surface area contributed by atoms with E-state index >= 15 is 0 Å². The van der Waals surface area contributed by atoms with Gasteiger partial charge in [0.25, 0.3) is 17.8 Å². The molecule has 3 saturated carbocycles. The lowest BCUT2D eigenvalue weighted by molar-refractivity contribution is -0.138. The Morgan fingerprint density at radius 2 is 0.527 bits per heavy atom. The van der Waals surface area contributed by atoms with E-state index in [2.05, 4.69) is 0 Å². The predicted octanol–water partition coefficient (Wildman–Crippen LogP) is 15.1. The summed E-state index contributed by atoms with van der Waals surface area (Å²) in [6.45, 7) is 13.7. The van der Waals surface area contributed by atoms with E-state index in [1.54, 1.807) is 108 Å². The summed E-state index contributed by atoms with van der Waals surface area (Å²) in [7, 11) is 0. The van der Waals surface area contributed by atoms with Gasteiger partial charge in [0.1, 0.15) is 17.8 Å². The normalized spacial score (nSPS) is 23.1. The van der Waals surface area contributed by atoms with Gasteiger partial charge in [0, 0.05) is 95.6 Å². The molecule has 6 fully saturated rings. The summed E-state index contributed by atoms with van der Waals surface area (Å²) in [5.41, 5.74) is 5.48. The van der Waals surface area contributed by atoms with Gasteiger partial charge in [0.15, 0.2) is 0 Å². The molecule has 498 valence electrons. The molecule has 6 aromatic rings. The van der Waals surface area contributed by atoms with Crippen LogP contribution in [0.5, 0.6) is 0 Å². The molecule has 0 spiro atoms. The highest BCUT2D eigenvalue weighted by atomic mass is 19.4. The van der Waals surface area contributed by atoms with E-state index in [1.165, 1.54) is 32.9 Å². The van der Waals surface area contributed by atoms with Crippen LogP contribution in [-0.4, -0.2) is 129 Å². The van der Waals surface area contributed by atoms with Crippen LogP contribution in [0.1, 0.15) is 84.5 Å². The van der Waals surface area contributed by atoms with Crippen LogP contribution in [0.4, 0.5) is 82.9 Å². The molecule has 93 heavy (non-hydrogen) atoms. The summed E-state index contributed by atoms with van der Waals surface area (Å²) in [5.74, 6) is -18.5. The first-order chi connectivity index (χ1) is 43.5. The third-order valence-corrected chi connectivity index (χ3v) is 18.7. The van der Waals surface area contributed by atoms with Crippen molar-refractivity contribution in [3.8, 4) is 0 Å². The third kappa shape index (κ3) is 14.3. The average molecular weight is 1320 g/mol. The van der Waals surface area contributed by atoms with Crippen molar-refractivity contribution in [2.75, 3.05) is 93.2 Å². The van der Waals surface area contributed by atoms with Crippen molar-refractivity contribution in [2.45, 2.75) is 95.6 Å². The van der Waals surface area contributed by atoms with E-state index in [1.807, 2.05) is 20.8 Å². The summed E-state index contributed by atoms with van der Waals surface area (Å²) in [6, 6.07) is 31.0. The Balaban J connectivity index is 0.000000153. The molecule has 0 N–H and O–H groups in total. The molecule has 3 amide bonds. The van der Waals surface area contributed by atoms with Crippen molar-refractivity contribution in [3.05, 3.63) is 194 Å². The van der Waals surface area contributed by atoms with Crippen molar-refractivity contribution in [3.63, 3.8) is 0 Å². The summed E-state index contributed by atoms with van der Waals surface area (Å²) in [4.78, 5) is 48.0. The number of rotatable bonds is 9. The molecule has 9 nitrogen and oxygen atoms in total. The molecule has 0 aromatic heterocycles. The van der Waals surface area contributed by atoms with Crippen LogP contribution >= 0.6 is 0 Å². The molecule has 6 aliphatic rings. The molecule has 0 unspecified atom stereocenters. The number of nitrogens with zero attached hydrogens (tertiary/aromatic N) is 6. The van der Waals surface area contributed by atoms with Crippen LogP contribution in [0.15, 0.2) is 127 Å². The van der Waals surface area contributed by atoms with Crippen molar-refractivity contribution in [1.82, 2.24) is 14.7 Å². The Kier molecular flexibility index (Phi) is 18.6. The molecule has 24 heteroatoms. The maximum absolute atomic E-state index is 14.4. The highest BCUT2D eigenvalue weighted by molar-refractivity contribution is 5.87. The Morgan fingerprint density at radius 3 is 0.720 bits per heavy atom. The fourth-order valence-electron chi connectivity index (χ4n) is 12.9. The van der Waals surface area contributed by atoms with E-state index in [0.717, 1.165) is 53.1 Å². The Hall–Kier alpha value is -7.92. The van der Waals surface area contributed by atoms with E-state index in [9.17, 15) is 80.2 Å². The van der Waals surface area contributed by atoms with E-state index < -0.39 is 106 Å². The van der Waals surface area contributed by atoms with Crippen LogP contribution in [0.25, 0.3) is 0 Å². The molecule has 3 aliphatic heterocycles. The number of piperazine rings is 3. The fourth-order valence-corrected chi connectivity index (χ4v) is 12.9. The van der Waals surface area contributed by atoms with Gasteiger partial charge in [-0.3, -0.25) is 14.4 Å². The van der Waals surface area contributed by atoms with Gasteiger partial charge in [-0.25, -0.2) is 26.3 Å². The zero-order valence-electron chi connectivity index (χ0n) is 51.7. The topological polar surface area (TPSA) is 70.7 Å². The molecule has 0 bridgehead atoms. The van der Waals surface area contributed by atoms with Crippen molar-refractivity contribution >= 4 is 34.8 Å². The van der Waals surface area contributed by atoms with Crippen LogP contribution in [-0.2, 0) is 32.9 Å². The third-order valence-electron chi connectivity index (χ3n) is 18.7. The monoisotopic (exact) mass is 1310 g/mol. The number of hydrogen-bond donors (Lipinski definition) is 0. The zero-order valence-corrected chi connectivity index (χ0v) is 51.7. The molecule has 3 saturated heterocycles.